The highest BCUT2D eigenvalue weighted by Gasteiger charge is 2.33. The van der Waals surface area contributed by atoms with Crippen LogP contribution in [0, 0.1) is 11.3 Å². The fourth-order valence-electron chi connectivity index (χ4n) is 2.02. The van der Waals surface area contributed by atoms with E-state index in [2.05, 4.69) is 4.72 Å². The number of thioether (sulfide) groups is 1. The molecule has 0 aromatic rings. The van der Waals surface area contributed by atoms with Gasteiger partial charge in [-0.05, 0) is 25.5 Å². The molecule has 16 heavy (non-hydrogen) atoms. The molecular weight excluding hydrogens is 244 g/mol. The Labute approximate surface area is 102 Å². The van der Waals surface area contributed by atoms with Crippen molar-refractivity contribution in [1.82, 2.24) is 4.72 Å². The molecule has 92 valence electrons. The van der Waals surface area contributed by atoms with Crippen molar-refractivity contribution >= 4 is 21.8 Å². The zero-order chi connectivity index (χ0) is 12.2. The lowest BCUT2D eigenvalue weighted by Crippen LogP contribution is -2.43. The number of rotatable bonds is 5. The van der Waals surface area contributed by atoms with Crippen molar-refractivity contribution < 1.29 is 8.42 Å². The van der Waals surface area contributed by atoms with Gasteiger partial charge in [0.25, 0.3) is 0 Å². The van der Waals surface area contributed by atoms with Crippen LogP contribution in [0.4, 0.5) is 0 Å². The second-order valence-electron chi connectivity index (χ2n) is 4.00. The fourth-order valence-corrected chi connectivity index (χ4v) is 4.48. The van der Waals surface area contributed by atoms with Gasteiger partial charge in [0.05, 0.1) is 6.07 Å². The van der Waals surface area contributed by atoms with Crippen LogP contribution in [-0.4, -0.2) is 31.2 Å². The fraction of sp³-hybridized carbons (Fsp3) is 0.900. The van der Waals surface area contributed by atoms with Crippen molar-refractivity contribution in [3.8, 4) is 6.07 Å². The molecular formula is C10H18N2O2S2. The Morgan fingerprint density at radius 3 is 2.75 bits per heavy atom. The minimum absolute atomic E-state index is 0.00222. The highest BCUT2D eigenvalue weighted by molar-refractivity contribution is 7.99. The largest absolute Gasteiger partial charge is 0.228 e. The normalized spacial score (nSPS) is 27.6. The second kappa shape index (κ2) is 5.89. The summed E-state index contributed by atoms with van der Waals surface area (Å²) in [6.07, 6.45) is 5.33. The quantitative estimate of drug-likeness (QED) is 0.815. The van der Waals surface area contributed by atoms with Crippen LogP contribution < -0.4 is 4.72 Å². The average Bonchev–Trinajstić information content (AvgIpc) is 2.65. The number of nitrogens with zero attached hydrogens (tertiary/aromatic N) is 1. The Bertz CT molecular complexity index is 362. The minimum Gasteiger partial charge on any atom is -0.211 e. The van der Waals surface area contributed by atoms with E-state index < -0.39 is 15.3 Å². The number of sulfonamides is 1. The van der Waals surface area contributed by atoms with E-state index in [-0.39, 0.29) is 6.04 Å². The Hall–Kier alpha value is -0.250. The van der Waals surface area contributed by atoms with Crippen LogP contribution >= 0.6 is 11.8 Å². The van der Waals surface area contributed by atoms with E-state index in [1.54, 1.807) is 18.7 Å². The third kappa shape index (κ3) is 3.12. The maximum absolute atomic E-state index is 11.9. The SMILES string of the molecule is CCC(C#N)S(=O)(=O)NC1CCCC1SC. The van der Waals surface area contributed by atoms with Gasteiger partial charge >= 0.3 is 0 Å². The zero-order valence-electron chi connectivity index (χ0n) is 9.64. The van der Waals surface area contributed by atoms with E-state index in [0.29, 0.717) is 11.7 Å². The molecule has 1 aliphatic carbocycles. The lowest BCUT2D eigenvalue weighted by atomic mass is 10.3. The van der Waals surface area contributed by atoms with Gasteiger partial charge < -0.3 is 0 Å². The molecule has 0 amide bonds. The summed E-state index contributed by atoms with van der Waals surface area (Å²) >= 11 is 1.70. The summed E-state index contributed by atoms with van der Waals surface area (Å²) in [5.74, 6) is 0. The first kappa shape index (κ1) is 13.8. The zero-order valence-corrected chi connectivity index (χ0v) is 11.3. The van der Waals surface area contributed by atoms with Crippen LogP contribution in [0.2, 0.25) is 0 Å². The summed E-state index contributed by atoms with van der Waals surface area (Å²) in [7, 11) is -3.47. The van der Waals surface area contributed by atoms with Crippen LogP contribution in [0.15, 0.2) is 0 Å². The molecule has 3 atom stereocenters. The molecule has 3 unspecified atom stereocenters. The highest BCUT2D eigenvalue weighted by Crippen LogP contribution is 2.29. The van der Waals surface area contributed by atoms with E-state index in [9.17, 15) is 8.42 Å². The summed E-state index contributed by atoms with van der Waals surface area (Å²) in [5.41, 5.74) is 0. The van der Waals surface area contributed by atoms with Gasteiger partial charge in [-0.2, -0.15) is 17.0 Å². The smallest absolute Gasteiger partial charge is 0.211 e. The van der Waals surface area contributed by atoms with Gasteiger partial charge in [0.1, 0.15) is 0 Å². The Balaban J connectivity index is 2.69. The van der Waals surface area contributed by atoms with Crippen LogP contribution in [0.3, 0.4) is 0 Å². The topological polar surface area (TPSA) is 70.0 Å². The maximum Gasteiger partial charge on any atom is 0.228 e. The molecule has 1 saturated carbocycles. The number of hydrogen-bond acceptors (Lipinski definition) is 4. The molecule has 1 fully saturated rings. The molecule has 0 bridgehead atoms. The van der Waals surface area contributed by atoms with Crippen molar-refractivity contribution in [2.24, 2.45) is 0 Å². The molecule has 1 aliphatic rings. The minimum atomic E-state index is -3.47. The summed E-state index contributed by atoms with van der Waals surface area (Å²) in [5, 5.41) is 8.22. The third-order valence-electron chi connectivity index (χ3n) is 2.96. The molecule has 0 saturated heterocycles. The van der Waals surface area contributed by atoms with Crippen LogP contribution in [0.1, 0.15) is 32.6 Å². The average molecular weight is 262 g/mol. The molecule has 1 N–H and O–H groups in total. The maximum atomic E-state index is 11.9. The Morgan fingerprint density at radius 2 is 2.25 bits per heavy atom. The molecule has 0 aliphatic heterocycles. The summed E-state index contributed by atoms with van der Waals surface area (Å²) in [6.45, 7) is 1.72. The Kier molecular flexibility index (Phi) is 5.09. The van der Waals surface area contributed by atoms with Gasteiger partial charge in [0, 0.05) is 11.3 Å². The van der Waals surface area contributed by atoms with Crippen LogP contribution in [0.5, 0.6) is 0 Å². The van der Waals surface area contributed by atoms with Crippen LogP contribution in [0.25, 0.3) is 0 Å². The summed E-state index contributed by atoms with van der Waals surface area (Å²) in [6, 6.07) is 1.84. The van der Waals surface area contributed by atoms with Gasteiger partial charge in [-0.1, -0.05) is 13.3 Å². The van der Waals surface area contributed by atoms with Crippen LogP contribution in [-0.2, 0) is 10.0 Å². The van der Waals surface area contributed by atoms with Crippen molar-refractivity contribution in [3.05, 3.63) is 0 Å². The van der Waals surface area contributed by atoms with E-state index in [4.69, 9.17) is 5.26 Å². The predicted octanol–water partition coefficient (Wildman–Crippen LogP) is 1.49. The van der Waals surface area contributed by atoms with Crippen molar-refractivity contribution in [2.45, 2.75) is 49.1 Å². The van der Waals surface area contributed by atoms with Gasteiger partial charge in [-0.3, -0.25) is 0 Å². The van der Waals surface area contributed by atoms with E-state index >= 15 is 0 Å². The molecule has 4 nitrogen and oxygen atoms in total. The molecule has 1 rings (SSSR count). The van der Waals surface area contributed by atoms with Crippen molar-refractivity contribution in [1.29, 1.82) is 5.26 Å². The molecule has 0 aromatic heterocycles. The van der Waals surface area contributed by atoms with Gasteiger partial charge in [-0.15, -0.1) is 0 Å². The van der Waals surface area contributed by atoms with Crippen molar-refractivity contribution in [2.75, 3.05) is 6.26 Å². The number of nitriles is 1. The van der Waals surface area contributed by atoms with E-state index in [1.807, 2.05) is 12.3 Å². The van der Waals surface area contributed by atoms with E-state index in [1.165, 1.54) is 0 Å². The van der Waals surface area contributed by atoms with Gasteiger partial charge in [-0.25, -0.2) is 13.1 Å². The van der Waals surface area contributed by atoms with E-state index in [0.717, 1.165) is 19.3 Å². The van der Waals surface area contributed by atoms with Gasteiger partial charge in [0.15, 0.2) is 5.25 Å². The molecule has 0 aromatic carbocycles. The Morgan fingerprint density at radius 1 is 1.56 bits per heavy atom. The standard InChI is InChI=1S/C10H18N2O2S2/c1-3-8(7-11)16(13,14)12-9-5-4-6-10(9)15-2/h8-10,12H,3-6H2,1-2H3. The number of nitrogens with one attached hydrogen (secondary N) is 1. The monoisotopic (exact) mass is 262 g/mol. The third-order valence-corrected chi connectivity index (χ3v) is 5.95. The van der Waals surface area contributed by atoms with Crippen molar-refractivity contribution in [3.63, 3.8) is 0 Å². The van der Waals surface area contributed by atoms with Gasteiger partial charge in [0.2, 0.25) is 10.0 Å². The first-order valence-corrected chi connectivity index (χ1v) is 8.32. The lowest BCUT2D eigenvalue weighted by molar-refractivity contribution is 0.547. The lowest BCUT2D eigenvalue weighted by Gasteiger charge is -2.20. The molecule has 0 spiro atoms. The first-order chi connectivity index (χ1) is 7.55. The highest BCUT2D eigenvalue weighted by atomic mass is 32.2. The predicted molar refractivity (Wildman–Crippen MR) is 66.7 cm³/mol. The summed E-state index contributed by atoms with van der Waals surface area (Å²) < 4.78 is 26.4. The first-order valence-electron chi connectivity index (χ1n) is 5.48. The second-order valence-corrected chi connectivity index (χ2v) is 6.97. The molecule has 0 heterocycles. The summed E-state index contributed by atoms with van der Waals surface area (Å²) in [4.78, 5) is 0. The molecule has 6 heteroatoms. The molecule has 0 radical (unpaired) electrons. The number of hydrogen-bond donors (Lipinski definition) is 1.